The third kappa shape index (κ3) is 6.02. The minimum Gasteiger partial charge on any atom is -0.383 e. The van der Waals surface area contributed by atoms with Crippen LogP contribution in [0.1, 0.15) is 67.2 Å². The minimum absolute atomic E-state index is 0.241. The Morgan fingerprint density at radius 1 is 1.21 bits per heavy atom. The van der Waals surface area contributed by atoms with Gasteiger partial charge in [-0.25, -0.2) is 4.68 Å². The fourth-order valence-corrected chi connectivity index (χ4v) is 5.86. The lowest BCUT2D eigenvalue weighted by molar-refractivity contribution is -0.132. The molecule has 0 unspecified atom stereocenters. The molecule has 0 bridgehead atoms. The molecule has 1 aliphatic heterocycles. The number of pyridine rings is 1. The third-order valence-corrected chi connectivity index (χ3v) is 8.16. The number of nitrogens with zero attached hydrogens (tertiary/aromatic N) is 4. The van der Waals surface area contributed by atoms with Gasteiger partial charge in [-0.05, 0) is 72.9 Å². The van der Waals surface area contributed by atoms with Gasteiger partial charge in [0.25, 0.3) is 0 Å². The number of ether oxygens (including phenoxy) is 1. The lowest BCUT2D eigenvalue weighted by Gasteiger charge is -2.32. The molecule has 2 N–H and O–H groups in total. The summed E-state index contributed by atoms with van der Waals surface area (Å²) in [5, 5.41) is 8.74. The number of hydrogen-bond acceptors (Lipinski definition) is 5. The molecule has 1 amide bonds. The lowest BCUT2D eigenvalue weighted by atomic mass is 9.87. The highest BCUT2D eigenvalue weighted by molar-refractivity contribution is 5.92. The van der Waals surface area contributed by atoms with Crippen molar-refractivity contribution in [1.82, 2.24) is 19.9 Å². The number of amides is 1. The van der Waals surface area contributed by atoms with Gasteiger partial charge in [0, 0.05) is 76.1 Å². The van der Waals surface area contributed by atoms with E-state index in [0.29, 0.717) is 31.4 Å². The summed E-state index contributed by atoms with van der Waals surface area (Å²) in [6.45, 7) is 16.3. The van der Waals surface area contributed by atoms with Crippen LogP contribution in [-0.2, 0) is 9.53 Å². The van der Waals surface area contributed by atoms with E-state index in [0.717, 1.165) is 60.3 Å². The maximum atomic E-state index is 12.7. The summed E-state index contributed by atoms with van der Waals surface area (Å²) in [4.78, 5) is 22.9. The summed E-state index contributed by atoms with van der Waals surface area (Å²) in [5.74, 6) is 1.03. The van der Waals surface area contributed by atoms with E-state index in [2.05, 4.69) is 73.0 Å². The van der Waals surface area contributed by atoms with Crippen molar-refractivity contribution in [3.8, 4) is 11.3 Å². The van der Waals surface area contributed by atoms with Gasteiger partial charge in [0.2, 0.25) is 5.91 Å². The Bertz CT molecular complexity index is 1390. The van der Waals surface area contributed by atoms with Gasteiger partial charge in [0.1, 0.15) is 0 Å². The van der Waals surface area contributed by atoms with E-state index in [9.17, 15) is 4.79 Å². The van der Waals surface area contributed by atoms with Crippen molar-refractivity contribution in [3.63, 3.8) is 0 Å². The van der Waals surface area contributed by atoms with Crippen LogP contribution in [0, 0.1) is 13.8 Å². The van der Waals surface area contributed by atoms with E-state index >= 15 is 0 Å². The first-order valence-corrected chi connectivity index (χ1v) is 14.1. The summed E-state index contributed by atoms with van der Waals surface area (Å²) in [6.07, 6.45) is 4.56. The van der Waals surface area contributed by atoms with E-state index in [1.165, 1.54) is 22.1 Å². The minimum atomic E-state index is 0.241. The van der Waals surface area contributed by atoms with Crippen LogP contribution in [0.5, 0.6) is 0 Å². The highest BCUT2D eigenvalue weighted by Crippen LogP contribution is 2.39. The van der Waals surface area contributed by atoms with Crippen LogP contribution in [0.3, 0.4) is 0 Å². The number of H-pyrrole nitrogens is 1. The van der Waals surface area contributed by atoms with Gasteiger partial charge >= 0.3 is 0 Å². The average Bonchev–Trinajstić information content (AvgIpc) is 3.33. The van der Waals surface area contributed by atoms with Crippen LogP contribution in [0.15, 0.2) is 34.5 Å². The fourth-order valence-electron chi connectivity index (χ4n) is 5.86. The average molecular weight is 533 g/mol. The molecule has 0 saturated carbocycles. The zero-order chi connectivity index (χ0) is 28.1. The first-order valence-electron chi connectivity index (χ1n) is 14.1. The van der Waals surface area contributed by atoms with Gasteiger partial charge in [-0.3, -0.25) is 9.79 Å². The highest BCUT2D eigenvalue weighted by atomic mass is 16.5. The maximum absolute atomic E-state index is 12.7. The zero-order valence-corrected chi connectivity index (χ0v) is 24.4. The topological polar surface area (TPSA) is 87.0 Å². The van der Waals surface area contributed by atoms with E-state index in [-0.39, 0.29) is 5.91 Å². The summed E-state index contributed by atoms with van der Waals surface area (Å²) >= 11 is 0. The number of carbonyl (C=O) groups excluding carboxylic acids is 1. The van der Waals surface area contributed by atoms with Gasteiger partial charge in [0.05, 0.1) is 12.3 Å². The second-order valence-electron chi connectivity index (χ2n) is 10.8. The Morgan fingerprint density at radius 2 is 1.95 bits per heavy atom. The standard InChI is InChI=1S/C31H44N6O2/c1-20(2)29-25-18-24(23-11-15-36(16-12-23)28(38)10-13-34-14-17-39-7)8-9-27(25)35-30(29)26-19-37(33-6)31(32-5)22(4)21(26)3/h8-9,18-20,23,34-35H,6,10-17H2,1-5,7H3/b32-31-. The van der Waals surface area contributed by atoms with Gasteiger partial charge in [-0.1, -0.05) is 19.9 Å². The van der Waals surface area contributed by atoms with Crippen molar-refractivity contribution in [2.45, 2.75) is 58.8 Å². The fraction of sp³-hybridized carbons (Fsp3) is 0.516. The number of aromatic amines is 1. The smallest absolute Gasteiger partial charge is 0.223 e. The monoisotopic (exact) mass is 532 g/mol. The Morgan fingerprint density at radius 3 is 2.59 bits per heavy atom. The number of benzene rings is 1. The van der Waals surface area contributed by atoms with Crippen LogP contribution in [0.25, 0.3) is 22.2 Å². The molecule has 2 aromatic heterocycles. The molecule has 3 aromatic rings. The Kier molecular flexibility index (Phi) is 9.40. The van der Waals surface area contributed by atoms with Crippen molar-refractivity contribution in [2.24, 2.45) is 10.1 Å². The third-order valence-electron chi connectivity index (χ3n) is 8.16. The van der Waals surface area contributed by atoms with E-state index < -0.39 is 0 Å². The number of piperidine rings is 1. The van der Waals surface area contributed by atoms with Crippen molar-refractivity contribution < 1.29 is 9.53 Å². The van der Waals surface area contributed by atoms with Crippen LogP contribution < -0.4 is 10.8 Å². The molecule has 0 aliphatic carbocycles. The quantitative estimate of drug-likeness (QED) is 0.293. The number of methoxy groups -OCH3 is 1. The number of nitrogens with one attached hydrogen (secondary N) is 2. The van der Waals surface area contributed by atoms with Crippen molar-refractivity contribution in [3.05, 3.63) is 52.1 Å². The summed E-state index contributed by atoms with van der Waals surface area (Å²) in [6, 6.07) is 6.86. The molecule has 3 heterocycles. The Balaban J connectivity index is 1.58. The Labute approximate surface area is 232 Å². The molecular formula is C31H44N6O2. The molecule has 1 saturated heterocycles. The lowest BCUT2D eigenvalue weighted by Crippen LogP contribution is -2.39. The van der Waals surface area contributed by atoms with Crippen LogP contribution in [-0.4, -0.2) is 74.1 Å². The number of carbonyl (C=O) groups is 1. The molecule has 39 heavy (non-hydrogen) atoms. The van der Waals surface area contributed by atoms with E-state index in [4.69, 9.17) is 4.74 Å². The summed E-state index contributed by atoms with van der Waals surface area (Å²) in [5.41, 5.74) is 9.19. The van der Waals surface area contributed by atoms with Crippen LogP contribution in [0.2, 0.25) is 0 Å². The number of likely N-dealkylation sites (tertiary alicyclic amines) is 1. The SMILES string of the molecule is C=Nn1cc(-c2[nH]c3ccc(C4CCN(C(=O)CCNCCOC)CC4)cc3c2C(C)C)c(C)c(C)/c1=N/C. The van der Waals surface area contributed by atoms with Crippen LogP contribution in [0.4, 0.5) is 0 Å². The largest absolute Gasteiger partial charge is 0.383 e. The van der Waals surface area contributed by atoms with Gasteiger partial charge in [0.15, 0.2) is 5.49 Å². The molecule has 8 nitrogen and oxygen atoms in total. The molecule has 1 aromatic carbocycles. The van der Waals surface area contributed by atoms with Gasteiger partial charge in [-0.15, -0.1) is 0 Å². The summed E-state index contributed by atoms with van der Waals surface area (Å²) in [7, 11) is 3.47. The molecule has 0 spiro atoms. The molecule has 1 aliphatic rings. The number of hydrogen-bond donors (Lipinski definition) is 2. The zero-order valence-electron chi connectivity index (χ0n) is 24.4. The van der Waals surface area contributed by atoms with Gasteiger partial charge < -0.3 is 19.9 Å². The van der Waals surface area contributed by atoms with E-state index in [1.807, 2.05) is 11.1 Å². The normalized spacial score (nSPS) is 15.1. The van der Waals surface area contributed by atoms with Crippen LogP contribution >= 0.6 is 0 Å². The predicted molar refractivity (Wildman–Crippen MR) is 160 cm³/mol. The molecule has 0 atom stereocenters. The number of rotatable bonds is 10. The first kappa shape index (κ1) is 28.8. The van der Waals surface area contributed by atoms with Crippen molar-refractivity contribution >= 4 is 23.5 Å². The highest BCUT2D eigenvalue weighted by Gasteiger charge is 2.25. The Hall–Kier alpha value is -3.23. The van der Waals surface area contributed by atoms with Crippen molar-refractivity contribution in [1.29, 1.82) is 0 Å². The second-order valence-corrected chi connectivity index (χ2v) is 10.8. The molecule has 1 fully saturated rings. The van der Waals surface area contributed by atoms with Gasteiger partial charge in [-0.2, -0.15) is 5.10 Å². The summed E-state index contributed by atoms with van der Waals surface area (Å²) < 4.78 is 6.81. The predicted octanol–water partition coefficient (Wildman–Crippen LogP) is 4.70. The molecule has 4 rings (SSSR count). The molecular weight excluding hydrogens is 488 g/mol. The molecule has 8 heteroatoms. The van der Waals surface area contributed by atoms with Crippen molar-refractivity contribution in [2.75, 3.05) is 46.9 Å². The number of fused-ring (bicyclic) bond motifs is 1. The second kappa shape index (κ2) is 12.7. The molecule has 210 valence electrons. The first-order chi connectivity index (χ1) is 18.8. The number of aromatic nitrogens is 2. The molecule has 0 radical (unpaired) electrons. The maximum Gasteiger partial charge on any atom is 0.223 e. The van der Waals surface area contributed by atoms with E-state index in [1.54, 1.807) is 18.8 Å².